The highest BCUT2D eigenvalue weighted by Gasteiger charge is 2.12. The summed E-state index contributed by atoms with van der Waals surface area (Å²) in [5.41, 5.74) is 2.75. The Bertz CT molecular complexity index is 559. The lowest BCUT2D eigenvalue weighted by atomic mass is 10.2. The van der Waals surface area contributed by atoms with Crippen LogP contribution in [-0.2, 0) is 6.54 Å². The molecule has 0 saturated carbocycles. The minimum atomic E-state index is -0.621. The number of benzene rings is 1. The van der Waals surface area contributed by atoms with Gasteiger partial charge in [0.1, 0.15) is 5.82 Å². The summed E-state index contributed by atoms with van der Waals surface area (Å²) in [5, 5.41) is 12.5. The Hall–Kier alpha value is -2.02. The summed E-state index contributed by atoms with van der Waals surface area (Å²) in [6.45, 7) is 0.476. The molecule has 1 aromatic carbocycles. The third kappa shape index (κ3) is 2.80. The van der Waals surface area contributed by atoms with Crippen molar-refractivity contribution in [1.82, 2.24) is 4.98 Å². The summed E-state index contributed by atoms with van der Waals surface area (Å²) in [7, 11) is 1.73. The average molecular weight is 267 g/mol. The first-order chi connectivity index (χ1) is 8.56. The van der Waals surface area contributed by atoms with E-state index in [-0.39, 0.29) is 5.69 Å². The van der Waals surface area contributed by atoms with Gasteiger partial charge in [0.05, 0.1) is 28.7 Å². The number of anilines is 1. The van der Waals surface area contributed by atoms with Gasteiger partial charge in [-0.15, -0.1) is 11.3 Å². The lowest BCUT2D eigenvalue weighted by molar-refractivity contribution is -0.385. The van der Waals surface area contributed by atoms with Crippen molar-refractivity contribution in [3.8, 4) is 0 Å². The predicted octanol–water partition coefficient (Wildman–Crippen LogP) is 2.83. The van der Waals surface area contributed by atoms with Gasteiger partial charge in [-0.3, -0.25) is 10.1 Å². The molecule has 0 N–H and O–H groups in total. The topological polar surface area (TPSA) is 59.3 Å². The maximum atomic E-state index is 13.3. The van der Waals surface area contributed by atoms with Gasteiger partial charge in [-0.25, -0.2) is 9.37 Å². The summed E-state index contributed by atoms with van der Waals surface area (Å²) < 4.78 is 13.3. The standard InChI is InChI=1S/C11H10FN3O2S/c1-14(5-9-6-18-7-13-9)10-2-8(12)3-11(4-10)15(16)17/h2-4,6-7H,5H2,1H3. The Morgan fingerprint density at radius 3 is 2.89 bits per heavy atom. The van der Waals surface area contributed by atoms with Crippen molar-refractivity contribution in [2.24, 2.45) is 0 Å². The smallest absolute Gasteiger partial charge is 0.274 e. The molecule has 0 aliphatic carbocycles. The Labute approximate surface area is 107 Å². The van der Waals surface area contributed by atoms with Crippen LogP contribution in [0.4, 0.5) is 15.8 Å². The first-order valence-corrected chi connectivity index (χ1v) is 6.04. The molecular weight excluding hydrogens is 257 g/mol. The number of thiazole rings is 1. The number of nitro groups is 1. The highest BCUT2D eigenvalue weighted by molar-refractivity contribution is 7.07. The Balaban J connectivity index is 2.24. The van der Waals surface area contributed by atoms with E-state index in [1.807, 2.05) is 5.38 Å². The molecular formula is C11H10FN3O2S. The minimum absolute atomic E-state index is 0.255. The molecule has 0 aliphatic heterocycles. The van der Waals surface area contributed by atoms with Crippen molar-refractivity contribution < 1.29 is 9.31 Å². The number of rotatable bonds is 4. The van der Waals surface area contributed by atoms with Crippen LogP contribution in [0.5, 0.6) is 0 Å². The lowest BCUT2D eigenvalue weighted by Gasteiger charge is -2.17. The number of non-ortho nitro benzene ring substituents is 1. The van der Waals surface area contributed by atoms with Gasteiger partial charge in [-0.05, 0) is 6.07 Å². The molecule has 1 aromatic heterocycles. The van der Waals surface area contributed by atoms with Crippen LogP contribution < -0.4 is 4.90 Å². The molecule has 0 radical (unpaired) electrons. The van der Waals surface area contributed by atoms with E-state index in [1.54, 1.807) is 17.5 Å². The van der Waals surface area contributed by atoms with Crippen molar-refractivity contribution in [1.29, 1.82) is 0 Å². The van der Waals surface area contributed by atoms with E-state index in [0.29, 0.717) is 12.2 Å². The lowest BCUT2D eigenvalue weighted by Crippen LogP contribution is -2.16. The first kappa shape index (κ1) is 12.4. The van der Waals surface area contributed by atoms with Gasteiger partial charge >= 0.3 is 0 Å². The number of nitro benzene ring substituents is 1. The van der Waals surface area contributed by atoms with Crippen LogP contribution in [0.2, 0.25) is 0 Å². The predicted molar refractivity (Wildman–Crippen MR) is 67.3 cm³/mol. The summed E-state index contributed by atoms with van der Waals surface area (Å²) in [6.07, 6.45) is 0. The van der Waals surface area contributed by atoms with Crippen molar-refractivity contribution in [2.45, 2.75) is 6.54 Å². The quantitative estimate of drug-likeness (QED) is 0.631. The summed E-state index contributed by atoms with van der Waals surface area (Å²) in [5.74, 6) is -0.621. The molecule has 0 saturated heterocycles. The third-order valence-electron chi connectivity index (χ3n) is 2.40. The zero-order chi connectivity index (χ0) is 13.1. The van der Waals surface area contributed by atoms with Gasteiger partial charge in [0.2, 0.25) is 0 Å². The summed E-state index contributed by atoms with van der Waals surface area (Å²) >= 11 is 1.47. The van der Waals surface area contributed by atoms with Crippen LogP contribution in [0.25, 0.3) is 0 Å². The molecule has 0 unspecified atom stereocenters. The molecule has 18 heavy (non-hydrogen) atoms. The molecule has 0 atom stereocenters. The largest absolute Gasteiger partial charge is 0.368 e. The van der Waals surface area contributed by atoms with Crippen LogP contribution >= 0.6 is 11.3 Å². The van der Waals surface area contributed by atoms with Gasteiger partial charge in [0.15, 0.2) is 0 Å². The Morgan fingerprint density at radius 1 is 1.50 bits per heavy atom. The molecule has 94 valence electrons. The van der Waals surface area contributed by atoms with Crippen molar-refractivity contribution in [3.05, 3.63) is 50.7 Å². The second-order valence-electron chi connectivity index (χ2n) is 3.76. The Kier molecular flexibility index (Phi) is 3.52. The van der Waals surface area contributed by atoms with Gasteiger partial charge in [0, 0.05) is 24.2 Å². The maximum Gasteiger partial charge on any atom is 0.274 e. The van der Waals surface area contributed by atoms with Crippen LogP contribution in [0.15, 0.2) is 29.1 Å². The van der Waals surface area contributed by atoms with Gasteiger partial charge in [-0.1, -0.05) is 0 Å². The van der Waals surface area contributed by atoms with E-state index >= 15 is 0 Å². The average Bonchev–Trinajstić information content (AvgIpc) is 2.80. The van der Waals surface area contributed by atoms with E-state index in [4.69, 9.17) is 0 Å². The molecule has 0 fully saturated rings. The van der Waals surface area contributed by atoms with Crippen LogP contribution in [0, 0.1) is 15.9 Å². The second kappa shape index (κ2) is 5.09. The van der Waals surface area contributed by atoms with Gasteiger partial charge in [-0.2, -0.15) is 0 Å². The highest BCUT2D eigenvalue weighted by Crippen LogP contribution is 2.23. The maximum absolute atomic E-state index is 13.3. The van der Waals surface area contributed by atoms with Crippen molar-refractivity contribution in [3.63, 3.8) is 0 Å². The monoisotopic (exact) mass is 267 g/mol. The Morgan fingerprint density at radius 2 is 2.28 bits per heavy atom. The second-order valence-corrected chi connectivity index (χ2v) is 4.48. The fourth-order valence-electron chi connectivity index (χ4n) is 1.53. The van der Waals surface area contributed by atoms with E-state index in [2.05, 4.69) is 4.98 Å². The number of halogens is 1. The van der Waals surface area contributed by atoms with E-state index in [0.717, 1.165) is 11.8 Å². The molecule has 0 amide bonds. The van der Waals surface area contributed by atoms with Gasteiger partial charge in [0.25, 0.3) is 5.69 Å². The van der Waals surface area contributed by atoms with Crippen LogP contribution in [-0.4, -0.2) is 17.0 Å². The molecule has 5 nitrogen and oxygen atoms in total. The van der Waals surface area contributed by atoms with Crippen molar-refractivity contribution in [2.75, 3.05) is 11.9 Å². The molecule has 0 bridgehead atoms. The van der Waals surface area contributed by atoms with Crippen LogP contribution in [0.1, 0.15) is 5.69 Å². The molecule has 0 spiro atoms. The fourth-order valence-corrected chi connectivity index (χ4v) is 2.08. The molecule has 7 heteroatoms. The summed E-state index contributed by atoms with van der Waals surface area (Å²) in [6, 6.07) is 3.51. The highest BCUT2D eigenvalue weighted by atomic mass is 32.1. The minimum Gasteiger partial charge on any atom is -0.368 e. The molecule has 2 aromatic rings. The number of hydrogen-bond donors (Lipinski definition) is 0. The van der Waals surface area contributed by atoms with E-state index < -0.39 is 10.7 Å². The van der Waals surface area contributed by atoms with E-state index in [9.17, 15) is 14.5 Å². The molecule has 2 rings (SSSR count). The molecule has 1 heterocycles. The normalized spacial score (nSPS) is 10.3. The number of nitrogens with zero attached hydrogens (tertiary/aromatic N) is 3. The fraction of sp³-hybridized carbons (Fsp3) is 0.182. The zero-order valence-electron chi connectivity index (χ0n) is 9.54. The van der Waals surface area contributed by atoms with E-state index in [1.165, 1.54) is 23.5 Å². The summed E-state index contributed by atoms with van der Waals surface area (Å²) in [4.78, 5) is 15.9. The number of aromatic nitrogens is 1. The van der Waals surface area contributed by atoms with Gasteiger partial charge < -0.3 is 4.90 Å². The van der Waals surface area contributed by atoms with Crippen molar-refractivity contribution >= 4 is 22.7 Å². The molecule has 0 aliphatic rings. The SMILES string of the molecule is CN(Cc1cscn1)c1cc(F)cc([N+](=O)[O-])c1. The first-order valence-electron chi connectivity index (χ1n) is 5.09. The zero-order valence-corrected chi connectivity index (χ0v) is 10.4. The third-order valence-corrected chi connectivity index (χ3v) is 3.04. The van der Waals surface area contributed by atoms with Crippen LogP contribution in [0.3, 0.4) is 0 Å². The number of hydrogen-bond acceptors (Lipinski definition) is 5.